The summed E-state index contributed by atoms with van der Waals surface area (Å²) in [7, 11) is 0. The van der Waals surface area contributed by atoms with Crippen LogP contribution in [-0.2, 0) is 4.79 Å². The molecular formula is C14H8BrF2NO2. The van der Waals surface area contributed by atoms with Gasteiger partial charge in [-0.05, 0) is 22.0 Å². The Morgan fingerprint density at radius 2 is 1.70 bits per heavy atom. The number of hydrogen-bond donors (Lipinski definition) is 1. The number of hydrogen-bond acceptors (Lipinski definition) is 2. The smallest absolute Gasteiger partial charge is 0.296 e. The van der Waals surface area contributed by atoms with Gasteiger partial charge >= 0.3 is 0 Å². The molecule has 0 spiro atoms. The van der Waals surface area contributed by atoms with Gasteiger partial charge in [-0.25, -0.2) is 8.78 Å². The highest BCUT2D eigenvalue weighted by Gasteiger charge is 2.19. The van der Waals surface area contributed by atoms with Crippen LogP contribution >= 0.6 is 15.9 Å². The summed E-state index contributed by atoms with van der Waals surface area (Å²) in [6.45, 7) is 0. The third kappa shape index (κ3) is 3.08. The topological polar surface area (TPSA) is 46.2 Å². The molecule has 2 rings (SSSR count). The van der Waals surface area contributed by atoms with E-state index in [2.05, 4.69) is 21.2 Å². The SMILES string of the molecule is O=C(Nc1c(F)cc(F)cc1Br)C(=O)c1ccccc1. The van der Waals surface area contributed by atoms with Gasteiger partial charge in [0.2, 0.25) is 0 Å². The van der Waals surface area contributed by atoms with Gasteiger partial charge in [-0.2, -0.15) is 0 Å². The molecule has 3 nitrogen and oxygen atoms in total. The van der Waals surface area contributed by atoms with Crippen molar-refractivity contribution in [2.24, 2.45) is 0 Å². The van der Waals surface area contributed by atoms with Crippen LogP contribution in [0, 0.1) is 11.6 Å². The van der Waals surface area contributed by atoms with E-state index in [-0.39, 0.29) is 15.7 Å². The maximum absolute atomic E-state index is 13.5. The first-order chi connectivity index (χ1) is 9.49. The van der Waals surface area contributed by atoms with Gasteiger partial charge in [0, 0.05) is 16.1 Å². The lowest BCUT2D eigenvalue weighted by molar-refractivity contribution is -0.112. The van der Waals surface area contributed by atoms with Gasteiger partial charge in [-0.1, -0.05) is 30.3 Å². The largest absolute Gasteiger partial charge is 0.316 e. The molecule has 0 saturated heterocycles. The van der Waals surface area contributed by atoms with Gasteiger partial charge in [0.15, 0.2) is 5.82 Å². The van der Waals surface area contributed by atoms with Crippen molar-refractivity contribution in [3.8, 4) is 0 Å². The van der Waals surface area contributed by atoms with Crippen molar-refractivity contribution in [1.82, 2.24) is 0 Å². The highest BCUT2D eigenvalue weighted by molar-refractivity contribution is 9.10. The Bertz CT molecular complexity index is 651. The van der Waals surface area contributed by atoms with Crippen molar-refractivity contribution in [3.05, 3.63) is 64.1 Å². The highest BCUT2D eigenvalue weighted by atomic mass is 79.9. The average Bonchev–Trinajstić information content (AvgIpc) is 2.42. The zero-order valence-corrected chi connectivity index (χ0v) is 11.6. The third-order valence-corrected chi connectivity index (χ3v) is 3.11. The number of rotatable bonds is 3. The summed E-state index contributed by atoms with van der Waals surface area (Å²) in [6.07, 6.45) is 0. The second kappa shape index (κ2) is 5.92. The predicted molar refractivity (Wildman–Crippen MR) is 73.5 cm³/mol. The quantitative estimate of drug-likeness (QED) is 0.686. The zero-order chi connectivity index (χ0) is 14.7. The molecule has 1 amide bonds. The number of ketones is 1. The summed E-state index contributed by atoms with van der Waals surface area (Å²) in [5, 5.41) is 2.13. The number of Topliss-reactive ketones (excluding diaryl/α,β-unsaturated/α-hetero) is 1. The number of halogens is 3. The number of carbonyl (C=O) groups excluding carboxylic acids is 2. The van der Waals surface area contributed by atoms with E-state index < -0.39 is 23.3 Å². The van der Waals surface area contributed by atoms with Crippen molar-refractivity contribution in [1.29, 1.82) is 0 Å². The average molecular weight is 340 g/mol. The molecule has 102 valence electrons. The van der Waals surface area contributed by atoms with Crippen LogP contribution in [0.5, 0.6) is 0 Å². The minimum absolute atomic E-state index is 0.0178. The van der Waals surface area contributed by atoms with Gasteiger partial charge in [0.1, 0.15) is 5.82 Å². The molecule has 0 saturated carbocycles. The molecule has 0 unspecified atom stereocenters. The predicted octanol–water partition coefficient (Wildman–Crippen LogP) is 3.55. The fraction of sp³-hybridized carbons (Fsp3) is 0. The van der Waals surface area contributed by atoms with Crippen LogP contribution in [0.15, 0.2) is 46.9 Å². The van der Waals surface area contributed by atoms with Crippen LogP contribution in [0.1, 0.15) is 10.4 Å². The van der Waals surface area contributed by atoms with E-state index in [0.717, 1.165) is 6.07 Å². The summed E-state index contributed by atoms with van der Waals surface area (Å²) < 4.78 is 26.5. The number of carbonyl (C=O) groups is 2. The Balaban J connectivity index is 2.23. The summed E-state index contributed by atoms with van der Waals surface area (Å²) in [5.41, 5.74) is -0.0932. The second-order valence-electron chi connectivity index (χ2n) is 3.89. The molecule has 2 aromatic rings. The molecule has 0 heterocycles. The molecule has 0 radical (unpaired) electrons. The van der Waals surface area contributed by atoms with Crippen LogP contribution in [0.3, 0.4) is 0 Å². The molecule has 0 aliphatic rings. The first-order valence-corrected chi connectivity index (χ1v) is 6.33. The lowest BCUT2D eigenvalue weighted by atomic mass is 10.1. The fourth-order valence-electron chi connectivity index (χ4n) is 1.55. The van der Waals surface area contributed by atoms with Gasteiger partial charge < -0.3 is 5.32 Å². The molecule has 0 bridgehead atoms. The van der Waals surface area contributed by atoms with Crippen molar-refractivity contribution in [3.63, 3.8) is 0 Å². The molecule has 0 atom stereocenters. The molecule has 20 heavy (non-hydrogen) atoms. The molecule has 2 aromatic carbocycles. The standard InChI is InChI=1S/C14H8BrF2NO2/c15-10-6-9(16)7-11(17)12(10)18-14(20)13(19)8-4-2-1-3-5-8/h1-7H,(H,18,20). The van der Waals surface area contributed by atoms with Crippen molar-refractivity contribution >= 4 is 33.3 Å². The van der Waals surface area contributed by atoms with Gasteiger partial charge in [0.25, 0.3) is 11.7 Å². The number of benzene rings is 2. The molecule has 0 aromatic heterocycles. The highest BCUT2D eigenvalue weighted by Crippen LogP contribution is 2.26. The minimum atomic E-state index is -0.998. The van der Waals surface area contributed by atoms with Crippen LogP contribution in [-0.4, -0.2) is 11.7 Å². The number of amides is 1. The normalized spacial score (nSPS) is 10.2. The maximum atomic E-state index is 13.5. The summed E-state index contributed by atoms with van der Waals surface area (Å²) >= 11 is 2.93. The van der Waals surface area contributed by atoms with E-state index in [9.17, 15) is 18.4 Å². The molecule has 6 heteroatoms. The molecular weight excluding hydrogens is 332 g/mol. The van der Waals surface area contributed by atoms with Crippen molar-refractivity contribution in [2.45, 2.75) is 0 Å². The third-order valence-electron chi connectivity index (χ3n) is 2.49. The Morgan fingerprint density at radius 1 is 1.05 bits per heavy atom. The van der Waals surface area contributed by atoms with E-state index >= 15 is 0 Å². The van der Waals surface area contributed by atoms with E-state index in [1.807, 2.05) is 0 Å². The second-order valence-corrected chi connectivity index (χ2v) is 4.75. The van der Waals surface area contributed by atoms with E-state index in [4.69, 9.17) is 0 Å². The van der Waals surface area contributed by atoms with Gasteiger partial charge in [0.05, 0.1) is 5.69 Å². The summed E-state index contributed by atoms with van der Waals surface area (Å²) in [4.78, 5) is 23.6. The number of anilines is 1. The lowest BCUT2D eigenvalue weighted by Crippen LogP contribution is -2.23. The summed E-state index contributed by atoms with van der Waals surface area (Å²) in [6, 6.07) is 9.46. The van der Waals surface area contributed by atoms with Gasteiger partial charge in [-0.15, -0.1) is 0 Å². The van der Waals surface area contributed by atoms with E-state index in [1.54, 1.807) is 18.2 Å². The monoisotopic (exact) mass is 339 g/mol. The van der Waals surface area contributed by atoms with E-state index in [0.29, 0.717) is 6.07 Å². The number of nitrogens with one attached hydrogen (secondary N) is 1. The fourth-order valence-corrected chi connectivity index (χ4v) is 2.06. The van der Waals surface area contributed by atoms with Crippen LogP contribution < -0.4 is 5.32 Å². The Kier molecular flexibility index (Phi) is 4.24. The van der Waals surface area contributed by atoms with Gasteiger partial charge in [-0.3, -0.25) is 9.59 Å². The lowest BCUT2D eigenvalue weighted by Gasteiger charge is -2.08. The molecule has 1 N–H and O–H groups in total. The Morgan fingerprint density at radius 3 is 2.30 bits per heavy atom. The van der Waals surface area contributed by atoms with Crippen molar-refractivity contribution < 1.29 is 18.4 Å². The first kappa shape index (κ1) is 14.3. The molecule has 0 fully saturated rings. The molecule has 0 aliphatic carbocycles. The Labute approximate surface area is 121 Å². The minimum Gasteiger partial charge on any atom is -0.316 e. The molecule has 0 aliphatic heterocycles. The Hall–Kier alpha value is -2.08. The maximum Gasteiger partial charge on any atom is 0.296 e. The first-order valence-electron chi connectivity index (χ1n) is 5.54. The van der Waals surface area contributed by atoms with E-state index in [1.165, 1.54) is 12.1 Å². The zero-order valence-electron chi connectivity index (χ0n) is 9.99. The van der Waals surface area contributed by atoms with Crippen molar-refractivity contribution in [2.75, 3.05) is 5.32 Å². The van der Waals surface area contributed by atoms with Crippen LogP contribution in [0.25, 0.3) is 0 Å². The van der Waals surface area contributed by atoms with Crippen LogP contribution in [0.2, 0.25) is 0 Å². The van der Waals surface area contributed by atoms with Crippen LogP contribution in [0.4, 0.5) is 14.5 Å². The summed E-state index contributed by atoms with van der Waals surface area (Å²) in [5.74, 6) is -3.56.